The highest BCUT2D eigenvalue weighted by atomic mass is 16.1. The number of fused-ring (bicyclic) bond motifs is 1. The molecular weight excluding hydrogens is 937 g/mol. The topological polar surface area (TPSA) is 154 Å². The molecule has 430 valence electrons. The number of carbonyl (C=O) groups is 9. The van der Waals surface area contributed by atoms with Crippen LogP contribution in [-0.2, 0) is 56.0 Å². The molecule has 9 heteroatoms. The quantitative estimate of drug-likeness (QED) is 0.0598. The second kappa shape index (κ2) is 63.5. The first-order valence-corrected chi connectivity index (χ1v) is 28.6. The Kier molecular flexibility index (Phi) is 69.1. The minimum Gasteiger partial charge on any atom is -0.303 e. The largest absolute Gasteiger partial charge is 0.303 e. The normalized spacial score (nSPS) is 13.4. The minimum atomic E-state index is 0.136. The number of carbonyl (C=O) groups excluding carboxylic acids is 9. The monoisotopic (exact) mass is 1050 g/mol. The van der Waals surface area contributed by atoms with Gasteiger partial charge in [-0.05, 0) is 79.9 Å². The number of rotatable bonds is 28. The van der Waals surface area contributed by atoms with Crippen LogP contribution in [0, 0.1) is 53.3 Å². The molecule has 0 bridgehead atoms. The van der Waals surface area contributed by atoms with E-state index in [0.717, 1.165) is 140 Å². The fourth-order valence-corrected chi connectivity index (χ4v) is 5.80. The van der Waals surface area contributed by atoms with Gasteiger partial charge in [-0.3, -0.25) is 0 Å². The summed E-state index contributed by atoms with van der Waals surface area (Å²) < 4.78 is 0. The fourth-order valence-electron chi connectivity index (χ4n) is 5.80. The Morgan fingerprint density at radius 1 is 0.413 bits per heavy atom. The molecule has 8 unspecified atom stereocenters. The van der Waals surface area contributed by atoms with Crippen LogP contribution >= 0.6 is 0 Å². The van der Waals surface area contributed by atoms with Gasteiger partial charge in [0.1, 0.15) is 56.6 Å². The molecule has 0 radical (unpaired) electrons. The lowest BCUT2D eigenvalue weighted by atomic mass is 9.95. The number of unbranched alkanes of at least 4 members (excludes halogenated alkanes) is 7. The van der Waals surface area contributed by atoms with Crippen LogP contribution in [0.1, 0.15) is 230 Å². The maximum absolute atomic E-state index is 10.5. The van der Waals surface area contributed by atoms with Gasteiger partial charge >= 0.3 is 0 Å². The molecule has 0 aromatic heterocycles. The minimum absolute atomic E-state index is 0.136. The molecule has 0 saturated heterocycles. The Morgan fingerprint density at radius 3 is 1.23 bits per heavy atom. The number of aldehydes is 9. The zero-order valence-corrected chi connectivity index (χ0v) is 50.6. The van der Waals surface area contributed by atoms with E-state index in [-0.39, 0.29) is 41.4 Å². The van der Waals surface area contributed by atoms with Crippen molar-refractivity contribution < 1.29 is 43.2 Å². The van der Waals surface area contributed by atoms with Crippen molar-refractivity contribution in [3.05, 3.63) is 76.9 Å². The average molecular weight is 1050 g/mol. The van der Waals surface area contributed by atoms with Crippen LogP contribution in [0.4, 0.5) is 0 Å². The van der Waals surface area contributed by atoms with Gasteiger partial charge in [-0.25, -0.2) is 0 Å². The standard InChI is InChI=1S/C13H14O.C10H12O.3C7H14O.2C6H12O.2C5H10O/c1-10(9-14)6-11-7-12-4-2-3-5-13(12)8-11;1-9(8-11)7-10-5-3-2-4-6-10;1-4-6(2)7(3)5-8;1-3-4-5-7(2)6-8;1-2-3-4-5-6-7-8;1-5(2)6(3)4-7;1-3-4-6(2)5-7;1-3-5(2)4-6;1-2-3-4-5-6/h2-5,7,9-10H,6,8H2,1H3;2-6,8-9H,7H2,1H3;5-7H,4H2,1-3H3;6-7H,3-5H2,1-2H3;7H,2-6H2,1H3;4-6H,1-3H3;5-6H,3-4H2,1-2H3;4-5H,3H2,1-2H3;5H,2-4H2,1H3. The third-order valence-electron chi connectivity index (χ3n) is 12.3. The highest BCUT2D eigenvalue weighted by Crippen LogP contribution is 2.28. The van der Waals surface area contributed by atoms with E-state index in [9.17, 15) is 43.2 Å². The molecule has 0 N–H and O–H groups in total. The summed E-state index contributed by atoms with van der Waals surface area (Å²) in [6, 6.07) is 18.5. The zero-order valence-electron chi connectivity index (χ0n) is 50.6. The lowest BCUT2D eigenvalue weighted by Crippen LogP contribution is -2.06. The van der Waals surface area contributed by atoms with Gasteiger partial charge in [0.15, 0.2) is 0 Å². The van der Waals surface area contributed by atoms with E-state index < -0.39 is 0 Å². The van der Waals surface area contributed by atoms with Gasteiger partial charge in [0.25, 0.3) is 0 Å². The Morgan fingerprint density at radius 2 is 0.880 bits per heavy atom. The predicted molar refractivity (Wildman–Crippen MR) is 319 cm³/mol. The van der Waals surface area contributed by atoms with E-state index in [1.54, 1.807) is 0 Å². The van der Waals surface area contributed by atoms with Gasteiger partial charge < -0.3 is 43.2 Å². The summed E-state index contributed by atoms with van der Waals surface area (Å²) in [5.74, 6) is 2.59. The molecule has 1 aliphatic carbocycles. The summed E-state index contributed by atoms with van der Waals surface area (Å²) in [4.78, 5) is 89.9. The van der Waals surface area contributed by atoms with E-state index in [1.165, 1.54) is 54.4 Å². The van der Waals surface area contributed by atoms with E-state index in [0.29, 0.717) is 11.8 Å². The van der Waals surface area contributed by atoms with Crippen LogP contribution in [0.15, 0.2) is 60.2 Å². The molecule has 2 aromatic carbocycles. The van der Waals surface area contributed by atoms with Crippen molar-refractivity contribution in [3.8, 4) is 0 Å². The lowest BCUT2D eigenvalue weighted by molar-refractivity contribution is -0.112. The molecule has 2 aromatic rings. The first-order valence-electron chi connectivity index (χ1n) is 28.6. The highest BCUT2D eigenvalue weighted by molar-refractivity contribution is 5.65. The molecule has 0 spiro atoms. The van der Waals surface area contributed by atoms with Crippen molar-refractivity contribution in [3.63, 3.8) is 0 Å². The molecule has 0 heterocycles. The molecule has 9 nitrogen and oxygen atoms in total. The summed E-state index contributed by atoms with van der Waals surface area (Å²) in [6.45, 7) is 32.3. The van der Waals surface area contributed by atoms with Crippen molar-refractivity contribution in [2.45, 2.75) is 226 Å². The first-order chi connectivity index (χ1) is 35.8. The molecular formula is C66H112O9. The third kappa shape index (κ3) is 61.7. The first kappa shape index (κ1) is 81.6. The predicted octanol–water partition coefficient (Wildman–Crippen LogP) is 16.7. The van der Waals surface area contributed by atoms with Gasteiger partial charge in [-0.2, -0.15) is 0 Å². The molecule has 1 aliphatic rings. The van der Waals surface area contributed by atoms with Gasteiger partial charge in [0.05, 0.1) is 0 Å². The molecule has 8 atom stereocenters. The lowest BCUT2D eigenvalue weighted by Gasteiger charge is -2.09. The second-order valence-corrected chi connectivity index (χ2v) is 20.4. The van der Waals surface area contributed by atoms with Crippen LogP contribution in [0.5, 0.6) is 0 Å². The van der Waals surface area contributed by atoms with E-state index in [4.69, 9.17) is 0 Å². The van der Waals surface area contributed by atoms with Gasteiger partial charge in [-0.1, -0.05) is 228 Å². The van der Waals surface area contributed by atoms with Crippen LogP contribution in [0.25, 0.3) is 6.08 Å². The van der Waals surface area contributed by atoms with Gasteiger partial charge in [-0.15, -0.1) is 0 Å². The van der Waals surface area contributed by atoms with Gasteiger partial charge in [0.2, 0.25) is 0 Å². The van der Waals surface area contributed by atoms with Crippen LogP contribution in [0.2, 0.25) is 0 Å². The SMILES string of the molecule is CC(C)C(C)C=O.CC(C=O)CC1=Cc2ccccc2C1.CC(C=O)Cc1ccccc1.CCC(C)C(C)C=O.CCC(C)C=O.CCCC(C)C=O.CCCCC(C)C=O.CCCCC=O.CCCCCCC=O. The maximum Gasteiger partial charge on any atom is 0.123 e. The Hall–Kier alpha value is -4.79. The van der Waals surface area contributed by atoms with E-state index in [1.807, 2.05) is 99.6 Å². The highest BCUT2D eigenvalue weighted by Gasteiger charge is 2.13. The van der Waals surface area contributed by atoms with E-state index in [2.05, 4.69) is 71.9 Å². The number of allylic oxidation sites excluding steroid dienone is 1. The fraction of sp³-hybridized carbons (Fsp3) is 0.652. The average Bonchev–Trinajstić information content (AvgIpc) is 3.85. The van der Waals surface area contributed by atoms with Crippen molar-refractivity contribution in [2.24, 2.45) is 53.3 Å². The summed E-state index contributed by atoms with van der Waals surface area (Å²) in [5.41, 5.74) is 5.32. The summed E-state index contributed by atoms with van der Waals surface area (Å²) in [6.07, 6.45) is 30.1. The summed E-state index contributed by atoms with van der Waals surface area (Å²) in [7, 11) is 0. The number of benzene rings is 2. The van der Waals surface area contributed by atoms with Crippen LogP contribution < -0.4 is 0 Å². The molecule has 0 saturated carbocycles. The number of hydrogen-bond donors (Lipinski definition) is 0. The molecule has 3 rings (SSSR count). The Bertz CT molecular complexity index is 1630. The van der Waals surface area contributed by atoms with Crippen molar-refractivity contribution in [2.75, 3.05) is 0 Å². The Labute approximate surface area is 460 Å². The van der Waals surface area contributed by atoms with Crippen LogP contribution in [-0.4, -0.2) is 56.6 Å². The van der Waals surface area contributed by atoms with Gasteiger partial charge in [0, 0.05) is 54.3 Å². The maximum atomic E-state index is 10.5. The van der Waals surface area contributed by atoms with Crippen molar-refractivity contribution in [1.29, 1.82) is 0 Å². The van der Waals surface area contributed by atoms with E-state index >= 15 is 0 Å². The third-order valence-corrected chi connectivity index (χ3v) is 12.3. The molecule has 0 amide bonds. The molecule has 75 heavy (non-hydrogen) atoms. The number of hydrogen-bond acceptors (Lipinski definition) is 9. The zero-order chi connectivity index (χ0) is 58.7. The van der Waals surface area contributed by atoms with Crippen LogP contribution in [0.3, 0.4) is 0 Å². The molecule has 0 fully saturated rings. The summed E-state index contributed by atoms with van der Waals surface area (Å²) >= 11 is 0. The smallest absolute Gasteiger partial charge is 0.123 e. The second-order valence-electron chi connectivity index (χ2n) is 20.4. The molecule has 0 aliphatic heterocycles. The van der Waals surface area contributed by atoms with Crippen molar-refractivity contribution >= 4 is 62.7 Å². The summed E-state index contributed by atoms with van der Waals surface area (Å²) in [5, 5.41) is 0. The Balaban J connectivity index is -0.000000182. The van der Waals surface area contributed by atoms with Crippen molar-refractivity contribution in [1.82, 2.24) is 0 Å².